The average molecular weight is 316 g/mol. The Balaban J connectivity index is 1.40. The number of benzene rings is 2. The van der Waals surface area contributed by atoms with Crippen molar-refractivity contribution in [1.82, 2.24) is 4.90 Å². The molecular weight excluding hydrogens is 292 g/mol. The molecule has 122 valence electrons. The summed E-state index contributed by atoms with van der Waals surface area (Å²) >= 11 is 0. The van der Waals surface area contributed by atoms with Gasteiger partial charge in [0.1, 0.15) is 0 Å². The molecule has 2 nitrogen and oxygen atoms in total. The van der Waals surface area contributed by atoms with Crippen LogP contribution in [0.1, 0.15) is 43.2 Å². The van der Waals surface area contributed by atoms with E-state index in [1.54, 1.807) is 0 Å². The molecule has 24 heavy (non-hydrogen) atoms. The lowest BCUT2D eigenvalue weighted by molar-refractivity contribution is 0.256. The number of nitriles is 1. The van der Waals surface area contributed by atoms with Gasteiger partial charge in [0.2, 0.25) is 0 Å². The van der Waals surface area contributed by atoms with Crippen LogP contribution in [0.25, 0.3) is 11.1 Å². The molecule has 0 amide bonds. The molecule has 1 saturated heterocycles. The van der Waals surface area contributed by atoms with E-state index in [4.69, 9.17) is 5.26 Å². The maximum Gasteiger partial charge on any atom is 0.0991 e. The fourth-order valence-electron chi connectivity index (χ4n) is 4.08. The van der Waals surface area contributed by atoms with Gasteiger partial charge >= 0.3 is 0 Å². The van der Waals surface area contributed by atoms with E-state index in [9.17, 15) is 0 Å². The quantitative estimate of drug-likeness (QED) is 0.809. The maximum atomic E-state index is 8.89. The minimum atomic E-state index is 0.715. The summed E-state index contributed by atoms with van der Waals surface area (Å²) in [5.74, 6) is 1.61. The summed E-state index contributed by atoms with van der Waals surface area (Å²) in [6.07, 6.45) is 4.09. The second kappa shape index (κ2) is 6.42. The molecule has 4 rings (SSSR count). The first-order chi connectivity index (χ1) is 11.7. The Morgan fingerprint density at radius 1 is 1.04 bits per heavy atom. The molecule has 2 heteroatoms. The molecule has 1 heterocycles. The lowest BCUT2D eigenvalue weighted by atomic mass is 10.0. The third-order valence-corrected chi connectivity index (χ3v) is 5.77. The summed E-state index contributed by atoms with van der Waals surface area (Å²) in [5, 5.41) is 8.89. The first-order valence-corrected chi connectivity index (χ1v) is 9.09. The highest BCUT2D eigenvalue weighted by molar-refractivity contribution is 5.64. The molecule has 0 spiro atoms. The van der Waals surface area contributed by atoms with E-state index in [2.05, 4.69) is 42.2 Å². The van der Waals surface area contributed by atoms with Gasteiger partial charge in [-0.15, -0.1) is 0 Å². The highest BCUT2D eigenvalue weighted by atomic mass is 15.2. The molecular formula is C22H24N2. The monoisotopic (exact) mass is 316 g/mol. The molecule has 1 saturated carbocycles. The first kappa shape index (κ1) is 15.4. The number of nitrogens with zero attached hydrogens (tertiary/aromatic N) is 2. The van der Waals surface area contributed by atoms with Crippen molar-refractivity contribution in [2.24, 2.45) is 5.92 Å². The number of hydrogen-bond donors (Lipinski definition) is 0. The lowest BCUT2D eigenvalue weighted by Gasteiger charge is -2.20. The van der Waals surface area contributed by atoms with Crippen molar-refractivity contribution >= 4 is 0 Å². The number of likely N-dealkylation sites (tertiary alicyclic amines) is 1. The van der Waals surface area contributed by atoms with Crippen LogP contribution in [0.15, 0.2) is 48.5 Å². The van der Waals surface area contributed by atoms with Gasteiger partial charge < -0.3 is 4.90 Å². The second-order valence-electron chi connectivity index (χ2n) is 7.40. The van der Waals surface area contributed by atoms with E-state index in [-0.39, 0.29) is 0 Å². The Hall–Kier alpha value is -2.11. The molecule has 0 bridgehead atoms. The van der Waals surface area contributed by atoms with Crippen molar-refractivity contribution in [1.29, 1.82) is 5.26 Å². The van der Waals surface area contributed by atoms with Gasteiger partial charge in [-0.05, 0) is 73.4 Å². The summed E-state index contributed by atoms with van der Waals surface area (Å²) < 4.78 is 0. The Bertz CT molecular complexity index is 739. The molecule has 0 N–H and O–H groups in total. The molecule has 2 aliphatic rings. The smallest absolute Gasteiger partial charge is 0.0991 e. The van der Waals surface area contributed by atoms with Crippen molar-refractivity contribution in [3.05, 3.63) is 59.7 Å². The summed E-state index contributed by atoms with van der Waals surface area (Å²) in [7, 11) is 0. The molecule has 3 atom stereocenters. The van der Waals surface area contributed by atoms with Crippen molar-refractivity contribution in [3.8, 4) is 17.2 Å². The zero-order valence-corrected chi connectivity index (χ0v) is 14.3. The summed E-state index contributed by atoms with van der Waals surface area (Å²) in [6, 6.07) is 19.8. The highest BCUT2D eigenvalue weighted by Gasteiger charge is 2.40. The lowest BCUT2D eigenvalue weighted by Crippen LogP contribution is -2.29. The first-order valence-electron chi connectivity index (χ1n) is 9.09. The summed E-state index contributed by atoms with van der Waals surface area (Å²) in [6.45, 7) is 4.95. The van der Waals surface area contributed by atoms with Crippen LogP contribution in [0, 0.1) is 17.2 Å². The standard InChI is InChI=1S/C22H24N2/c1-16-3-2-12-24(16)15-21-13-22(21)20-10-8-19(9-11-20)18-6-4-17(14-23)5-7-18/h4-11,16,21-22H,2-3,12-13,15H2,1H3/t16?,21-,22-/m1/s1. The topological polar surface area (TPSA) is 27.0 Å². The molecule has 2 aromatic rings. The third-order valence-electron chi connectivity index (χ3n) is 5.77. The van der Waals surface area contributed by atoms with Crippen LogP contribution >= 0.6 is 0 Å². The van der Waals surface area contributed by atoms with Crippen LogP contribution in [0.4, 0.5) is 0 Å². The molecule has 0 aromatic heterocycles. The number of rotatable bonds is 4. The van der Waals surface area contributed by atoms with Crippen LogP contribution in [0.5, 0.6) is 0 Å². The fourth-order valence-corrected chi connectivity index (χ4v) is 4.08. The van der Waals surface area contributed by atoms with E-state index < -0.39 is 0 Å². The molecule has 0 radical (unpaired) electrons. The molecule has 1 unspecified atom stereocenters. The minimum Gasteiger partial charge on any atom is -0.300 e. The zero-order valence-electron chi connectivity index (χ0n) is 14.3. The van der Waals surface area contributed by atoms with Gasteiger partial charge in [0.15, 0.2) is 0 Å². The van der Waals surface area contributed by atoms with Gasteiger partial charge in [0.05, 0.1) is 11.6 Å². The van der Waals surface area contributed by atoms with Crippen LogP contribution in [0.2, 0.25) is 0 Å². The van der Waals surface area contributed by atoms with Crippen LogP contribution in [0.3, 0.4) is 0 Å². The van der Waals surface area contributed by atoms with Gasteiger partial charge in [-0.25, -0.2) is 0 Å². The Morgan fingerprint density at radius 2 is 1.71 bits per heavy atom. The van der Waals surface area contributed by atoms with Crippen LogP contribution < -0.4 is 0 Å². The predicted molar refractivity (Wildman–Crippen MR) is 97.7 cm³/mol. The molecule has 1 aliphatic heterocycles. The Morgan fingerprint density at radius 3 is 2.29 bits per heavy atom. The summed E-state index contributed by atoms with van der Waals surface area (Å²) in [5.41, 5.74) is 4.61. The molecule has 2 fully saturated rings. The average Bonchev–Trinajstić information content (AvgIpc) is 3.29. The van der Waals surface area contributed by atoms with Crippen molar-refractivity contribution in [2.75, 3.05) is 13.1 Å². The number of hydrogen-bond acceptors (Lipinski definition) is 2. The van der Waals surface area contributed by atoms with Crippen molar-refractivity contribution in [2.45, 2.75) is 38.1 Å². The van der Waals surface area contributed by atoms with E-state index in [0.717, 1.165) is 17.9 Å². The van der Waals surface area contributed by atoms with Gasteiger partial charge in [0, 0.05) is 12.6 Å². The van der Waals surface area contributed by atoms with E-state index in [0.29, 0.717) is 5.56 Å². The minimum absolute atomic E-state index is 0.715. The van der Waals surface area contributed by atoms with Gasteiger partial charge in [-0.1, -0.05) is 36.4 Å². The van der Waals surface area contributed by atoms with E-state index >= 15 is 0 Å². The molecule has 1 aliphatic carbocycles. The summed E-state index contributed by atoms with van der Waals surface area (Å²) in [4.78, 5) is 2.68. The highest BCUT2D eigenvalue weighted by Crippen LogP contribution is 2.48. The molecule has 2 aromatic carbocycles. The van der Waals surface area contributed by atoms with Gasteiger partial charge in [-0.3, -0.25) is 0 Å². The normalized spacial score (nSPS) is 26.2. The largest absolute Gasteiger partial charge is 0.300 e. The zero-order chi connectivity index (χ0) is 16.5. The SMILES string of the molecule is CC1CCCN1C[C@H]1C[C@@H]1c1ccc(-c2ccc(C#N)cc2)cc1. The van der Waals surface area contributed by atoms with Crippen molar-refractivity contribution in [3.63, 3.8) is 0 Å². The van der Waals surface area contributed by atoms with Gasteiger partial charge in [0.25, 0.3) is 0 Å². The third kappa shape index (κ3) is 3.09. The Kier molecular flexibility index (Phi) is 4.12. The van der Waals surface area contributed by atoms with Gasteiger partial charge in [-0.2, -0.15) is 5.26 Å². The van der Waals surface area contributed by atoms with E-state index in [1.165, 1.54) is 49.0 Å². The Labute approximate surface area is 144 Å². The fraction of sp³-hybridized carbons (Fsp3) is 0.409. The second-order valence-corrected chi connectivity index (χ2v) is 7.40. The van der Waals surface area contributed by atoms with Crippen LogP contribution in [-0.4, -0.2) is 24.0 Å². The predicted octanol–water partition coefficient (Wildman–Crippen LogP) is 4.81. The van der Waals surface area contributed by atoms with Crippen molar-refractivity contribution < 1.29 is 0 Å². The maximum absolute atomic E-state index is 8.89. The van der Waals surface area contributed by atoms with Crippen LogP contribution in [-0.2, 0) is 0 Å². The van der Waals surface area contributed by atoms with E-state index in [1.807, 2.05) is 24.3 Å².